The number of methoxy groups -OCH3 is 3. The first kappa shape index (κ1) is 24.8. The lowest BCUT2D eigenvalue weighted by atomic mass is 10.1. The van der Waals surface area contributed by atoms with Crippen LogP contribution in [-0.4, -0.2) is 63.1 Å². The van der Waals surface area contributed by atoms with E-state index in [1.54, 1.807) is 6.07 Å². The molecule has 34 heavy (non-hydrogen) atoms. The molecule has 0 aromatic heterocycles. The molecule has 2 aromatic rings. The van der Waals surface area contributed by atoms with Crippen molar-refractivity contribution in [1.82, 2.24) is 10.2 Å². The fourth-order valence-corrected chi connectivity index (χ4v) is 4.00. The Hall–Kier alpha value is -3.79. The maximum absolute atomic E-state index is 12.6. The number of nitrogens with zero attached hydrogens (tertiary/aromatic N) is 1. The van der Waals surface area contributed by atoms with E-state index in [9.17, 15) is 14.4 Å². The topological polar surface area (TPSA) is 132 Å². The summed E-state index contributed by atoms with van der Waals surface area (Å²) in [7, 11) is 4.39. The van der Waals surface area contributed by atoms with Gasteiger partial charge in [-0.25, -0.2) is 0 Å². The second kappa shape index (κ2) is 11.4. The Bertz CT molecular complexity index is 1030. The zero-order valence-corrected chi connectivity index (χ0v) is 19.6. The van der Waals surface area contributed by atoms with E-state index in [4.69, 9.17) is 19.9 Å². The van der Waals surface area contributed by atoms with Crippen LogP contribution >= 0.6 is 0 Å². The van der Waals surface area contributed by atoms with E-state index in [1.165, 1.54) is 33.5 Å². The highest BCUT2D eigenvalue weighted by atomic mass is 16.5. The highest BCUT2D eigenvalue weighted by molar-refractivity contribution is 6.00. The van der Waals surface area contributed by atoms with E-state index in [-0.39, 0.29) is 30.0 Å². The van der Waals surface area contributed by atoms with E-state index < -0.39 is 5.91 Å². The third-order valence-electron chi connectivity index (χ3n) is 5.62. The van der Waals surface area contributed by atoms with Crippen LogP contribution in [0.4, 0.5) is 5.69 Å². The summed E-state index contributed by atoms with van der Waals surface area (Å²) < 4.78 is 15.8. The van der Waals surface area contributed by atoms with Gasteiger partial charge in [0.05, 0.1) is 33.9 Å². The van der Waals surface area contributed by atoms with Crippen molar-refractivity contribution < 1.29 is 28.6 Å². The van der Waals surface area contributed by atoms with Crippen LogP contribution in [0.3, 0.4) is 0 Å². The largest absolute Gasteiger partial charge is 0.493 e. The molecule has 1 atom stereocenters. The van der Waals surface area contributed by atoms with E-state index in [0.717, 1.165) is 24.9 Å². The second-order valence-electron chi connectivity index (χ2n) is 7.88. The number of nitrogens with one attached hydrogen (secondary N) is 2. The van der Waals surface area contributed by atoms with Crippen molar-refractivity contribution >= 4 is 23.4 Å². The third-order valence-corrected chi connectivity index (χ3v) is 5.62. The number of carbonyl (C=O) groups is 3. The molecular formula is C24H30N4O6. The van der Waals surface area contributed by atoms with E-state index in [1.807, 2.05) is 23.1 Å². The molecule has 1 aliphatic heterocycles. The highest BCUT2D eigenvalue weighted by Crippen LogP contribution is 2.38. The first-order valence-electron chi connectivity index (χ1n) is 10.9. The van der Waals surface area contributed by atoms with Crippen molar-refractivity contribution in [2.45, 2.75) is 25.4 Å². The average molecular weight is 471 g/mol. The van der Waals surface area contributed by atoms with Gasteiger partial charge in [0.15, 0.2) is 11.5 Å². The number of rotatable bonds is 10. The van der Waals surface area contributed by atoms with Crippen LogP contribution < -0.4 is 30.6 Å². The third kappa shape index (κ3) is 5.96. The van der Waals surface area contributed by atoms with Crippen molar-refractivity contribution in [1.29, 1.82) is 0 Å². The minimum atomic E-state index is -0.463. The lowest BCUT2D eigenvalue weighted by molar-refractivity contribution is -0.122. The Morgan fingerprint density at radius 1 is 1.06 bits per heavy atom. The molecule has 2 aromatic carbocycles. The molecule has 1 unspecified atom stereocenters. The summed E-state index contributed by atoms with van der Waals surface area (Å²) in [5, 5.41) is 5.37. The highest BCUT2D eigenvalue weighted by Gasteiger charge is 2.28. The number of amides is 3. The Kier molecular flexibility index (Phi) is 8.31. The van der Waals surface area contributed by atoms with E-state index in [0.29, 0.717) is 29.5 Å². The molecule has 10 heteroatoms. The Morgan fingerprint density at radius 3 is 2.38 bits per heavy atom. The average Bonchev–Trinajstić information content (AvgIpc) is 3.30. The van der Waals surface area contributed by atoms with Gasteiger partial charge in [0.25, 0.3) is 5.91 Å². The number of nitrogens with two attached hydrogens (primary N) is 1. The van der Waals surface area contributed by atoms with Crippen molar-refractivity contribution in [3.63, 3.8) is 0 Å². The standard InChI is InChI=1S/C24H30N4O6/c1-32-19-11-16(12-20(33-2)22(19)34-3)24(31)26-13-21(29)27-17-7-4-6-15(10-17)14-28-9-5-8-18(28)23(25)30/h4,6-7,10-12,18H,5,8-9,13-14H2,1-3H3,(H2,25,30)(H,26,31)(H,27,29). The quantitative estimate of drug-likeness (QED) is 0.480. The van der Waals surface area contributed by atoms with Gasteiger partial charge in [0.1, 0.15) is 0 Å². The number of anilines is 1. The molecule has 1 fully saturated rings. The summed E-state index contributed by atoms with van der Waals surface area (Å²) in [4.78, 5) is 38.7. The maximum Gasteiger partial charge on any atom is 0.251 e. The van der Waals surface area contributed by atoms with Crippen LogP contribution in [0.1, 0.15) is 28.8 Å². The Morgan fingerprint density at radius 2 is 1.76 bits per heavy atom. The molecular weight excluding hydrogens is 440 g/mol. The normalized spacial score (nSPS) is 15.4. The van der Waals surface area contributed by atoms with Crippen molar-refractivity contribution in [2.75, 3.05) is 39.7 Å². The molecule has 182 valence electrons. The smallest absolute Gasteiger partial charge is 0.251 e. The predicted molar refractivity (Wildman–Crippen MR) is 126 cm³/mol. The number of hydrogen-bond donors (Lipinski definition) is 3. The summed E-state index contributed by atoms with van der Waals surface area (Å²) >= 11 is 0. The van der Waals surface area contributed by atoms with Crippen LogP contribution in [0, 0.1) is 0 Å². The van der Waals surface area contributed by atoms with Gasteiger partial charge in [-0.2, -0.15) is 0 Å². The van der Waals surface area contributed by atoms with Crippen LogP contribution in [0.5, 0.6) is 17.2 Å². The fourth-order valence-electron chi connectivity index (χ4n) is 4.00. The van der Waals surface area contributed by atoms with Crippen molar-refractivity contribution in [2.24, 2.45) is 5.73 Å². The monoisotopic (exact) mass is 470 g/mol. The lowest BCUT2D eigenvalue weighted by Gasteiger charge is -2.22. The minimum Gasteiger partial charge on any atom is -0.493 e. The summed E-state index contributed by atoms with van der Waals surface area (Å²) in [6.07, 6.45) is 1.69. The van der Waals surface area contributed by atoms with Gasteiger partial charge in [0, 0.05) is 17.8 Å². The summed E-state index contributed by atoms with van der Waals surface area (Å²) in [5.41, 5.74) is 7.30. The number of hydrogen-bond acceptors (Lipinski definition) is 7. The van der Waals surface area contributed by atoms with Gasteiger partial charge in [-0.1, -0.05) is 12.1 Å². The summed E-state index contributed by atoms with van der Waals surface area (Å²) in [6, 6.07) is 10.1. The van der Waals surface area contributed by atoms with Crippen LogP contribution in [-0.2, 0) is 16.1 Å². The molecule has 3 amide bonds. The van der Waals surface area contributed by atoms with Gasteiger partial charge in [-0.3, -0.25) is 19.3 Å². The molecule has 4 N–H and O–H groups in total. The first-order valence-corrected chi connectivity index (χ1v) is 10.9. The van der Waals surface area contributed by atoms with Crippen molar-refractivity contribution in [3.05, 3.63) is 47.5 Å². The fraction of sp³-hybridized carbons (Fsp3) is 0.375. The molecule has 0 bridgehead atoms. The first-order chi connectivity index (χ1) is 16.4. The van der Waals surface area contributed by atoms with Crippen LogP contribution in [0.25, 0.3) is 0 Å². The zero-order chi connectivity index (χ0) is 24.7. The van der Waals surface area contributed by atoms with Crippen molar-refractivity contribution in [3.8, 4) is 17.2 Å². The van der Waals surface area contributed by atoms with E-state index in [2.05, 4.69) is 10.6 Å². The predicted octanol–water partition coefficient (Wildman–Crippen LogP) is 1.53. The van der Waals surface area contributed by atoms with E-state index >= 15 is 0 Å². The number of primary amides is 1. The van der Waals surface area contributed by atoms with Crippen LogP contribution in [0.2, 0.25) is 0 Å². The van der Waals surface area contributed by atoms with Crippen LogP contribution in [0.15, 0.2) is 36.4 Å². The Balaban J connectivity index is 1.59. The molecule has 10 nitrogen and oxygen atoms in total. The molecule has 0 saturated carbocycles. The summed E-state index contributed by atoms with van der Waals surface area (Å²) in [6.45, 7) is 1.14. The molecule has 1 aliphatic rings. The second-order valence-corrected chi connectivity index (χ2v) is 7.88. The lowest BCUT2D eigenvalue weighted by Crippen LogP contribution is -2.39. The molecule has 0 spiro atoms. The van der Waals surface area contributed by atoms with Gasteiger partial charge >= 0.3 is 0 Å². The van der Waals surface area contributed by atoms with Gasteiger partial charge in [-0.05, 0) is 49.2 Å². The molecule has 0 aliphatic carbocycles. The van der Waals surface area contributed by atoms with Gasteiger partial charge < -0.3 is 30.6 Å². The maximum atomic E-state index is 12.6. The Labute approximate surface area is 198 Å². The minimum absolute atomic E-state index is 0.227. The SMILES string of the molecule is COc1cc(C(=O)NCC(=O)Nc2cccc(CN3CCCC3C(N)=O)c2)cc(OC)c1OC. The number of benzene rings is 2. The molecule has 1 saturated heterocycles. The number of ether oxygens (including phenoxy) is 3. The molecule has 3 rings (SSSR count). The van der Waals surface area contributed by atoms with Gasteiger partial charge in [0.2, 0.25) is 17.6 Å². The number of likely N-dealkylation sites (tertiary alicyclic amines) is 1. The number of carbonyl (C=O) groups excluding carboxylic acids is 3. The van der Waals surface area contributed by atoms with Gasteiger partial charge in [-0.15, -0.1) is 0 Å². The zero-order valence-electron chi connectivity index (χ0n) is 19.6. The summed E-state index contributed by atoms with van der Waals surface area (Å²) in [5.74, 6) is -0.112. The molecule has 0 radical (unpaired) electrons. The molecule has 1 heterocycles.